The number of carboxylic acids is 1. The van der Waals surface area contributed by atoms with E-state index < -0.39 is 30.1 Å². The van der Waals surface area contributed by atoms with Crippen molar-refractivity contribution in [3.63, 3.8) is 0 Å². The fourth-order valence-electron chi connectivity index (χ4n) is 4.10. The molecule has 0 fully saturated rings. The molecule has 1 aliphatic carbocycles. The molecule has 176 valence electrons. The Bertz CT molecular complexity index is 947. The van der Waals surface area contributed by atoms with Crippen LogP contribution in [0.25, 0.3) is 11.1 Å². The van der Waals surface area contributed by atoms with Crippen LogP contribution in [-0.4, -0.2) is 55.5 Å². The normalized spacial score (nSPS) is 14.0. The molecule has 1 aliphatic rings. The van der Waals surface area contributed by atoms with Gasteiger partial charge in [0.05, 0.1) is 6.42 Å². The van der Waals surface area contributed by atoms with Gasteiger partial charge in [0.1, 0.15) is 12.6 Å². The Labute approximate surface area is 193 Å². The van der Waals surface area contributed by atoms with Crippen LogP contribution in [0.5, 0.6) is 0 Å². The molecule has 2 aromatic rings. The lowest BCUT2D eigenvalue weighted by molar-refractivity contribution is -0.137. The molecule has 1 unspecified atom stereocenters. The Hall–Kier alpha value is -3.39. The van der Waals surface area contributed by atoms with Crippen molar-refractivity contribution in [2.75, 3.05) is 20.3 Å². The number of carbonyl (C=O) groups excluding carboxylic acids is 2. The summed E-state index contributed by atoms with van der Waals surface area (Å²) in [7, 11) is 1.50. The molecule has 2 amide bonds. The first-order chi connectivity index (χ1) is 15.9. The van der Waals surface area contributed by atoms with E-state index in [4.69, 9.17) is 14.6 Å². The minimum atomic E-state index is -1.000. The van der Waals surface area contributed by atoms with Gasteiger partial charge in [-0.25, -0.2) is 4.79 Å². The third-order valence-corrected chi connectivity index (χ3v) is 5.82. The number of amides is 2. The average molecular weight is 455 g/mol. The predicted octanol–water partition coefficient (Wildman–Crippen LogP) is 3.30. The molecule has 0 heterocycles. The minimum absolute atomic E-state index is 0.0885. The number of rotatable bonds is 11. The zero-order valence-electron chi connectivity index (χ0n) is 18.9. The van der Waals surface area contributed by atoms with E-state index in [0.29, 0.717) is 6.42 Å². The van der Waals surface area contributed by atoms with Crippen molar-refractivity contribution in [3.8, 4) is 11.1 Å². The molecule has 0 aromatic heterocycles. The van der Waals surface area contributed by atoms with E-state index in [2.05, 4.69) is 22.8 Å². The van der Waals surface area contributed by atoms with Crippen molar-refractivity contribution in [3.05, 3.63) is 59.7 Å². The highest BCUT2D eigenvalue weighted by molar-refractivity contribution is 5.86. The molecule has 0 radical (unpaired) electrons. The summed E-state index contributed by atoms with van der Waals surface area (Å²) in [5, 5.41) is 14.3. The lowest BCUT2D eigenvalue weighted by Gasteiger charge is -2.22. The number of aliphatic carboxylic acids is 1. The van der Waals surface area contributed by atoms with Gasteiger partial charge in [0.15, 0.2) is 0 Å². The molecule has 3 rings (SSSR count). The van der Waals surface area contributed by atoms with E-state index in [9.17, 15) is 14.4 Å². The van der Waals surface area contributed by atoms with Crippen molar-refractivity contribution in [2.45, 2.75) is 44.2 Å². The Morgan fingerprint density at radius 2 is 1.61 bits per heavy atom. The van der Waals surface area contributed by atoms with Crippen LogP contribution in [0.2, 0.25) is 0 Å². The van der Waals surface area contributed by atoms with Crippen molar-refractivity contribution < 1.29 is 29.0 Å². The molecule has 33 heavy (non-hydrogen) atoms. The number of carboxylic acid groups (broad SMARTS) is 1. The molecule has 0 saturated heterocycles. The van der Waals surface area contributed by atoms with Crippen LogP contribution < -0.4 is 10.6 Å². The number of fused-ring (bicyclic) bond motifs is 3. The van der Waals surface area contributed by atoms with Gasteiger partial charge in [-0.05, 0) is 28.7 Å². The molecule has 0 spiro atoms. The summed E-state index contributed by atoms with van der Waals surface area (Å²) < 4.78 is 10.6. The van der Waals surface area contributed by atoms with Gasteiger partial charge in [-0.2, -0.15) is 0 Å². The Balaban J connectivity index is 1.64. The molecular formula is C25H30N2O6. The van der Waals surface area contributed by atoms with Crippen molar-refractivity contribution in [1.82, 2.24) is 10.6 Å². The number of ether oxygens (including phenoxy) is 2. The highest BCUT2D eigenvalue weighted by Gasteiger charge is 2.30. The largest absolute Gasteiger partial charge is 0.481 e. The van der Waals surface area contributed by atoms with E-state index in [1.165, 1.54) is 7.11 Å². The van der Waals surface area contributed by atoms with E-state index >= 15 is 0 Å². The molecule has 8 heteroatoms. The summed E-state index contributed by atoms with van der Waals surface area (Å²) in [6.07, 6.45) is -0.209. The second-order valence-corrected chi connectivity index (χ2v) is 8.02. The summed E-state index contributed by atoms with van der Waals surface area (Å²) in [5.74, 6) is -1.55. The highest BCUT2D eigenvalue weighted by Crippen LogP contribution is 2.44. The topological polar surface area (TPSA) is 114 Å². The van der Waals surface area contributed by atoms with Crippen molar-refractivity contribution >= 4 is 18.0 Å². The van der Waals surface area contributed by atoms with E-state index in [1.807, 2.05) is 36.4 Å². The number of hydrogen-bond donors (Lipinski definition) is 3. The van der Waals surface area contributed by atoms with Crippen molar-refractivity contribution in [1.29, 1.82) is 0 Å². The lowest BCUT2D eigenvalue weighted by Crippen LogP contribution is -2.50. The summed E-state index contributed by atoms with van der Waals surface area (Å²) >= 11 is 0. The minimum Gasteiger partial charge on any atom is -0.481 e. The van der Waals surface area contributed by atoms with Gasteiger partial charge in [0, 0.05) is 32.1 Å². The molecule has 8 nitrogen and oxygen atoms in total. The molecule has 2 atom stereocenters. The monoisotopic (exact) mass is 454 g/mol. The maximum atomic E-state index is 12.7. The second kappa shape index (κ2) is 11.5. The Kier molecular flexibility index (Phi) is 8.43. The summed E-state index contributed by atoms with van der Waals surface area (Å²) in [5.41, 5.74) is 4.45. The van der Waals surface area contributed by atoms with Gasteiger partial charge in [0.25, 0.3) is 0 Å². The standard InChI is InChI=1S/C25H30N2O6/c1-3-16(14-23(28)29)26-24(30)22(12-13-32-2)27-25(31)33-15-21-19-10-6-4-8-17(19)18-9-5-7-11-20(18)21/h4-11,16,21-22H,3,12-15H2,1-2H3,(H,26,30)(H,27,31)(H,28,29)/t16-,22?/m1/s1. The summed E-state index contributed by atoms with van der Waals surface area (Å²) in [4.78, 5) is 36.3. The molecule has 0 aliphatic heterocycles. The number of hydrogen-bond acceptors (Lipinski definition) is 5. The van der Waals surface area contributed by atoms with Gasteiger partial charge in [-0.15, -0.1) is 0 Å². The highest BCUT2D eigenvalue weighted by atomic mass is 16.5. The zero-order chi connectivity index (χ0) is 23.8. The van der Waals surface area contributed by atoms with Crippen LogP contribution in [0.4, 0.5) is 4.79 Å². The maximum absolute atomic E-state index is 12.7. The lowest BCUT2D eigenvalue weighted by atomic mass is 9.98. The molecule has 0 saturated carbocycles. The van der Waals surface area contributed by atoms with Gasteiger partial charge in [0.2, 0.25) is 5.91 Å². The van der Waals surface area contributed by atoms with Crippen LogP contribution in [0, 0.1) is 0 Å². The van der Waals surface area contributed by atoms with Gasteiger partial charge in [-0.3, -0.25) is 9.59 Å². The summed E-state index contributed by atoms with van der Waals surface area (Å²) in [6, 6.07) is 14.6. The first kappa shape index (κ1) is 24.3. The van der Waals surface area contributed by atoms with E-state index in [-0.39, 0.29) is 32.0 Å². The van der Waals surface area contributed by atoms with Crippen molar-refractivity contribution in [2.24, 2.45) is 0 Å². The first-order valence-electron chi connectivity index (χ1n) is 11.1. The third-order valence-electron chi connectivity index (χ3n) is 5.82. The number of alkyl carbamates (subject to hydrolysis) is 1. The van der Waals surface area contributed by atoms with Crippen LogP contribution >= 0.6 is 0 Å². The predicted molar refractivity (Wildman–Crippen MR) is 123 cm³/mol. The van der Waals surface area contributed by atoms with Gasteiger partial charge in [-0.1, -0.05) is 55.5 Å². The second-order valence-electron chi connectivity index (χ2n) is 8.02. The fraction of sp³-hybridized carbons (Fsp3) is 0.400. The number of carbonyl (C=O) groups is 3. The number of benzene rings is 2. The quantitative estimate of drug-likeness (QED) is 0.480. The zero-order valence-corrected chi connectivity index (χ0v) is 18.9. The molecule has 0 bridgehead atoms. The smallest absolute Gasteiger partial charge is 0.407 e. The van der Waals surface area contributed by atoms with Crippen LogP contribution in [-0.2, 0) is 19.1 Å². The summed E-state index contributed by atoms with van der Waals surface area (Å²) in [6.45, 7) is 2.17. The SMILES string of the molecule is CC[C@H](CC(=O)O)NC(=O)C(CCOC)NC(=O)OCC1c2ccccc2-c2ccccc21. The van der Waals surface area contributed by atoms with Gasteiger partial charge >= 0.3 is 12.1 Å². The number of methoxy groups -OCH3 is 1. The first-order valence-corrected chi connectivity index (χ1v) is 11.1. The number of nitrogens with one attached hydrogen (secondary N) is 2. The maximum Gasteiger partial charge on any atom is 0.407 e. The van der Waals surface area contributed by atoms with E-state index in [1.54, 1.807) is 6.92 Å². The molecule has 3 N–H and O–H groups in total. The Morgan fingerprint density at radius 3 is 2.15 bits per heavy atom. The van der Waals surface area contributed by atoms with Gasteiger partial charge < -0.3 is 25.2 Å². The van der Waals surface area contributed by atoms with Crippen LogP contribution in [0.3, 0.4) is 0 Å². The fourth-order valence-corrected chi connectivity index (χ4v) is 4.10. The average Bonchev–Trinajstić information content (AvgIpc) is 3.13. The van der Waals surface area contributed by atoms with Crippen LogP contribution in [0.15, 0.2) is 48.5 Å². The molecular weight excluding hydrogens is 424 g/mol. The Morgan fingerprint density at radius 1 is 1.00 bits per heavy atom. The van der Waals surface area contributed by atoms with E-state index in [0.717, 1.165) is 22.3 Å². The van der Waals surface area contributed by atoms with Crippen LogP contribution in [0.1, 0.15) is 43.2 Å². The third kappa shape index (κ3) is 6.10. The molecule has 2 aromatic carbocycles.